The first kappa shape index (κ1) is 24.1. The Morgan fingerprint density at radius 1 is 1.25 bits per heavy atom. The van der Waals surface area contributed by atoms with Crippen LogP contribution in [0.4, 0.5) is 15.8 Å². The van der Waals surface area contributed by atoms with E-state index in [9.17, 15) is 9.18 Å². The number of amides is 1. The zero-order chi connectivity index (χ0) is 18.7. The first-order chi connectivity index (χ1) is 12.5. The number of carbonyl (C=O) groups is 1. The highest BCUT2D eigenvalue weighted by Crippen LogP contribution is 2.25. The SMILES string of the molecule is Cc1c(C(=O)Nc2ccc(F)cc2NC(C)C)nnn1C1CCNCC1.Cl.Cl. The number of halogens is 3. The van der Waals surface area contributed by atoms with E-state index in [1.54, 1.807) is 6.07 Å². The van der Waals surface area contributed by atoms with Gasteiger partial charge in [-0.25, -0.2) is 9.07 Å². The third kappa shape index (κ3) is 5.56. The molecule has 1 aliphatic heterocycles. The van der Waals surface area contributed by atoms with Crippen molar-refractivity contribution in [2.24, 2.45) is 0 Å². The summed E-state index contributed by atoms with van der Waals surface area (Å²) in [6, 6.07) is 4.60. The summed E-state index contributed by atoms with van der Waals surface area (Å²) >= 11 is 0. The molecule has 0 radical (unpaired) electrons. The van der Waals surface area contributed by atoms with Gasteiger partial charge in [0.2, 0.25) is 0 Å². The number of piperidine rings is 1. The Bertz CT molecular complexity index is 792. The summed E-state index contributed by atoms with van der Waals surface area (Å²) in [6.07, 6.45) is 1.93. The Hall–Kier alpha value is -1.90. The maximum Gasteiger partial charge on any atom is 0.278 e. The summed E-state index contributed by atoms with van der Waals surface area (Å²) in [5.74, 6) is -0.708. The van der Waals surface area contributed by atoms with Gasteiger partial charge >= 0.3 is 0 Å². The van der Waals surface area contributed by atoms with Gasteiger partial charge in [-0.3, -0.25) is 4.79 Å². The van der Waals surface area contributed by atoms with Crippen LogP contribution in [0.5, 0.6) is 0 Å². The second-order valence-electron chi connectivity index (χ2n) is 6.89. The zero-order valence-electron chi connectivity index (χ0n) is 16.2. The summed E-state index contributed by atoms with van der Waals surface area (Å²) in [5, 5.41) is 17.5. The Balaban J connectivity index is 0.00000196. The van der Waals surface area contributed by atoms with Gasteiger partial charge in [0.1, 0.15) is 5.82 Å². The molecule has 1 amide bonds. The van der Waals surface area contributed by atoms with Crippen molar-refractivity contribution in [3.63, 3.8) is 0 Å². The van der Waals surface area contributed by atoms with Crippen LogP contribution in [0.2, 0.25) is 0 Å². The maximum atomic E-state index is 13.5. The quantitative estimate of drug-likeness (QED) is 0.672. The van der Waals surface area contributed by atoms with Crippen molar-refractivity contribution in [2.75, 3.05) is 23.7 Å². The molecule has 0 saturated carbocycles. The van der Waals surface area contributed by atoms with Gasteiger partial charge in [0, 0.05) is 6.04 Å². The predicted molar refractivity (Wildman–Crippen MR) is 114 cm³/mol. The van der Waals surface area contributed by atoms with E-state index in [4.69, 9.17) is 0 Å². The highest BCUT2D eigenvalue weighted by atomic mass is 35.5. The van der Waals surface area contributed by atoms with Crippen molar-refractivity contribution in [2.45, 2.75) is 45.7 Å². The molecule has 0 unspecified atom stereocenters. The van der Waals surface area contributed by atoms with Crippen LogP contribution in [0.1, 0.15) is 48.9 Å². The lowest BCUT2D eigenvalue weighted by molar-refractivity contribution is 0.102. The molecule has 0 bridgehead atoms. The first-order valence-electron chi connectivity index (χ1n) is 8.95. The molecule has 0 atom stereocenters. The van der Waals surface area contributed by atoms with E-state index in [1.165, 1.54) is 12.1 Å². The van der Waals surface area contributed by atoms with Crippen LogP contribution in [-0.4, -0.2) is 40.0 Å². The van der Waals surface area contributed by atoms with Gasteiger partial charge in [0.15, 0.2) is 5.69 Å². The number of rotatable bonds is 5. The Morgan fingerprint density at radius 2 is 1.93 bits per heavy atom. The lowest BCUT2D eigenvalue weighted by atomic mass is 10.1. The highest BCUT2D eigenvalue weighted by molar-refractivity contribution is 6.05. The topological polar surface area (TPSA) is 83.9 Å². The van der Waals surface area contributed by atoms with E-state index in [-0.39, 0.29) is 48.6 Å². The van der Waals surface area contributed by atoms with Crippen molar-refractivity contribution in [1.82, 2.24) is 20.3 Å². The third-order valence-electron chi connectivity index (χ3n) is 4.47. The van der Waals surface area contributed by atoms with Crippen molar-refractivity contribution >= 4 is 42.1 Å². The number of anilines is 2. The van der Waals surface area contributed by atoms with Gasteiger partial charge in [-0.05, 0) is 64.9 Å². The first-order valence-corrected chi connectivity index (χ1v) is 8.95. The normalized spacial score (nSPS) is 14.2. The molecule has 3 rings (SSSR count). The van der Waals surface area contributed by atoms with Gasteiger partial charge < -0.3 is 16.0 Å². The summed E-state index contributed by atoms with van der Waals surface area (Å²) < 4.78 is 15.4. The van der Waals surface area contributed by atoms with Crippen molar-refractivity contribution in [1.29, 1.82) is 0 Å². The largest absolute Gasteiger partial charge is 0.381 e. The van der Waals surface area contributed by atoms with Gasteiger partial charge in [-0.2, -0.15) is 0 Å². The number of nitrogens with zero attached hydrogens (tertiary/aromatic N) is 3. The second kappa shape index (κ2) is 10.6. The molecule has 1 fully saturated rings. The van der Waals surface area contributed by atoms with Crippen LogP contribution >= 0.6 is 24.8 Å². The van der Waals surface area contributed by atoms with Crippen LogP contribution in [0, 0.1) is 12.7 Å². The molecular formula is C18H27Cl2FN6O. The molecule has 10 heteroatoms. The molecule has 7 nitrogen and oxygen atoms in total. The maximum absolute atomic E-state index is 13.5. The molecule has 2 heterocycles. The summed E-state index contributed by atoms with van der Waals surface area (Å²) in [5.41, 5.74) is 2.09. The van der Waals surface area contributed by atoms with Gasteiger partial charge in [-0.15, -0.1) is 29.9 Å². The number of hydrogen-bond donors (Lipinski definition) is 3. The Kier molecular flexibility index (Phi) is 9.13. The summed E-state index contributed by atoms with van der Waals surface area (Å²) in [4.78, 5) is 12.7. The monoisotopic (exact) mass is 432 g/mol. The van der Waals surface area contributed by atoms with Gasteiger partial charge in [0.05, 0.1) is 23.1 Å². The van der Waals surface area contributed by atoms with Crippen molar-refractivity contribution in [3.8, 4) is 0 Å². The van der Waals surface area contributed by atoms with Crippen LogP contribution in [0.15, 0.2) is 18.2 Å². The number of aromatic nitrogens is 3. The van der Waals surface area contributed by atoms with E-state index in [2.05, 4.69) is 26.3 Å². The molecule has 0 aliphatic carbocycles. The van der Waals surface area contributed by atoms with Gasteiger partial charge in [-0.1, -0.05) is 5.21 Å². The molecular weight excluding hydrogens is 406 g/mol. The molecule has 1 aliphatic rings. The summed E-state index contributed by atoms with van der Waals surface area (Å²) in [6.45, 7) is 7.63. The van der Waals surface area contributed by atoms with Crippen LogP contribution in [-0.2, 0) is 0 Å². The molecule has 1 aromatic carbocycles. The molecule has 2 aromatic rings. The zero-order valence-corrected chi connectivity index (χ0v) is 17.8. The van der Waals surface area contributed by atoms with E-state index >= 15 is 0 Å². The molecule has 3 N–H and O–H groups in total. The van der Waals surface area contributed by atoms with Crippen LogP contribution in [0.3, 0.4) is 0 Å². The Labute approximate surface area is 176 Å². The molecule has 0 spiro atoms. The lowest BCUT2D eigenvalue weighted by Gasteiger charge is -2.23. The Morgan fingerprint density at radius 3 is 2.57 bits per heavy atom. The number of carbonyl (C=O) groups excluding carboxylic acids is 1. The fourth-order valence-corrected chi connectivity index (χ4v) is 3.19. The molecule has 28 heavy (non-hydrogen) atoms. The smallest absolute Gasteiger partial charge is 0.278 e. The molecule has 1 aromatic heterocycles. The molecule has 1 saturated heterocycles. The fourth-order valence-electron chi connectivity index (χ4n) is 3.19. The lowest BCUT2D eigenvalue weighted by Crippen LogP contribution is -2.30. The van der Waals surface area contributed by atoms with E-state index < -0.39 is 0 Å². The van der Waals surface area contributed by atoms with Crippen LogP contribution in [0.25, 0.3) is 0 Å². The third-order valence-corrected chi connectivity index (χ3v) is 4.47. The minimum Gasteiger partial charge on any atom is -0.381 e. The highest BCUT2D eigenvalue weighted by Gasteiger charge is 2.23. The number of hydrogen-bond acceptors (Lipinski definition) is 5. The number of benzene rings is 1. The average molecular weight is 433 g/mol. The average Bonchev–Trinajstić information content (AvgIpc) is 2.99. The fraction of sp³-hybridized carbons (Fsp3) is 0.500. The van der Waals surface area contributed by atoms with E-state index in [0.29, 0.717) is 17.1 Å². The molecule has 156 valence electrons. The minimum absolute atomic E-state index is 0. The standard InChI is InChI=1S/C18H25FN6O.2ClH/c1-11(2)21-16-10-13(19)4-5-15(16)22-18(26)17-12(3)25(24-23-17)14-6-8-20-9-7-14;;/h4-5,10-11,14,20-21H,6-9H2,1-3H3,(H,22,26);2*1H. The van der Waals surface area contributed by atoms with Crippen molar-refractivity contribution in [3.05, 3.63) is 35.4 Å². The van der Waals surface area contributed by atoms with Crippen molar-refractivity contribution < 1.29 is 9.18 Å². The summed E-state index contributed by atoms with van der Waals surface area (Å²) in [7, 11) is 0. The second-order valence-corrected chi connectivity index (χ2v) is 6.89. The number of nitrogens with one attached hydrogen (secondary N) is 3. The van der Waals surface area contributed by atoms with E-state index in [1.807, 2.05) is 25.5 Å². The van der Waals surface area contributed by atoms with Crippen LogP contribution < -0.4 is 16.0 Å². The van der Waals surface area contributed by atoms with Gasteiger partial charge in [0.25, 0.3) is 5.91 Å². The minimum atomic E-state index is -0.362. The van der Waals surface area contributed by atoms with E-state index in [0.717, 1.165) is 31.6 Å². The predicted octanol–water partition coefficient (Wildman–Crippen LogP) is 3.57.